The predicted octanol–water partition coefficient (Wildman–Crippen LogP) is 4.22. The number of hydrogen-bond acceptors (Lipinski definition) is 8. The standard InChI is InChI=1S/C23H20ClN5O4S2/c1-2-33-22(32)18-14-4-3-5-16(14)35-21(18)26-17(30)11-34-23-27-19-15(20(31)28-23)10-25-29(19)13-8-6-12(24)7-9-13/h6-10H,2-5,11H2,1H3,(H,26,30)(H,27,28,31). The van der Waals surface area contributed by atoms with Crippen LogP contribution in [-0.2, 0) is 22.4 Å². The summed E-state index contributed by atoms with van der Waals surface area (Å²) < 4.78 is 6.76. The Hall–Kier alpha value is -3.15. The van der Waals surface area contributed by atoms with Crippen LogP contribution in [0.15, 0.2) is 40.4 Å². The van der Waals surface area contributed by atoms with Crippen molar-refractivity contribution in [2.75, 3.05) is 17.7 Å². The lowest BCUT2D eigenvalue weighted by Crippen LogP contribution is -2.17. The van der Waals surface area contributed by atoms with E-state index < -0.39 is 5.97 Å². The zero-order chi connectivity index (χ0) is 24.5. The lowest BCUT2D eigenvalue weighted by atomic mass is 10.1. The van der Waals surface area contributed by atoms with Gasteiger partial charge in [0.25, 0.3) is 5.56 Å². The first-order valence-electron chi connectivity index (χ1n) is 10.9. The third-order valence-electron chi connectivity index (χ3n) is 5.48. The summed E-state index contributed by atoms with van der Waals surface area (Å²) in [5, 5.41) is 8.83. The number of aromatic nitrogens is 4. The van der Waals surface area contributed by atoms with E-state index in [0.29, 0.717) is 32.3 Å². The number of carbonyl (C=O) groups is 2. The third kappa shape index (κ3) is 4.71. The van der Waals surface area contributed by atoms with Crippen molar-refractivity contribution < 1.29 is 14.3 Å². The SMILES string of the molecule is CCOC(=O)c1c(NC(=O)CSc2nc3c(cnn3-c3ccc(Cl)cc3)c(=O)[nH]2)sc2c1CCC2. The summed E-state index contributed by atoms with van der Waals surface area (Å²) >= 11 is 8.48. The minimum Gasteiger partial charge on any atom is -0.462 e. The van der Waals surface area contributed by atoms with Gasteiger partial charge in [0.05, 0.1) is 29.8 Å². The molecule has 1 amide bonds. The van der Waals surface area contributed by atoms with E-state index in [1.54, 1.807) is 35.9 Å². The van der Waals surface area contributed by atoms with E-state index in [1.807, 2.05) is 0 Å². The van der Waals surface area contributed by atoms with E-state index in [1.165, 1.54) is 17.5 Å². The van der Waals surface area contributed by atoms with Gasteiger partial charge in [0.15, 0.2) is 10.8 Å². The van der Waals surface area contributed by atoms with Gasteiger partial charge in [-0.15, -0.1) is 11.3 Å². The van der Waals surface area contributed by atoms with E-state index in [9.17, 15) is 14.4 Å². The maximum Gasteiger partial charge on any atom is 0.341 e. The van der Waals surface area contributed by atoms with Gasteiger partial charge in [-0.1, -0.05) is 23.4 Å². The molecule has 12 heteroatoms. The molecule has 2 N–H and O–H groups in total. The monoisotopic (exact) mass is 529 g/mol. The molecule has 0 bridgehead atoms. The molecule has 3 heterocycles. The van der Waals surface area contributed by atoms with Crippen molar-refractivity contribution in [1.82, 2.24) is 19.7 Å². The Morgan fingerprint density at radius 1 is 1.29 bits per heavy atom. The minimum atomic E-state index is -0.415. The number of ether oxygens (including phenoxy) is 1. The second-order valence-electron chi connectivity index (χ2n) is 7.76. The van der Waals surface area contributed by atoms with Crippen LogP contribution in [0.2, 0.25) is 5.02 Å². The van der Waals surface area contributed by atoms with Crippen LogP contribution in [0.1, 0.15) is 34.1 Å². The molecule has 0 saturated carbocycles. The molecule has 3 aromatic heterocycles. The van der Waals surface area contributed by atoms with Gasteiger partial charge in [-0.05, 0) is 56.0 Å². The summed E-state index contributed by atoms with van der Waals surface area (Å²) in [7, 11) is 0. The van der Waals surface area contributed by atoms with Crippen molar-refractivity contribution in [3.63, 3.8) is 0 Å². The fourth-order valence-corrected chi connectivity index (χ4v) is 6.02. The molecule has 0 aliphatic heterocycles. The number of benzene rings is 1. The smallest absolute Gasteiger partial charge is 0.341 e. The van der Waals surface area contributed by atoms with Gasteiger partial charge in [-0.3, -0.25) is 9.59 Å². The number of esters is 1. The number of H-pyrrole nitrogens is 1. The summed E-state index contributed by atoms with van der Waals surface area (Å²) in [5.74, 6) is -0.731. The molecule has 0 fully saturated rings. The van der Waals surface area contributed by atoms with Crippen molar-refractivity contribution in [2.24, 2.45) is 0 Å². The number of rotatable bonds is 7. The number of aryl methyl sites for hydroxylation is 1. The van der Waals surface area contributed by atoms with E-state index in [2.05, 4.69) is 20.4 Å². The molecule has 1 aliphatic carbocycles. The van der Waals surface area contributed by atoms with Crippen molar-refractivity contribution >= 4 is 62.6 Å². The fraction of sp³-hybridized carbons (Fsp3) is 0.261. The second-order valence-corrected chi connectivity index (χ2v) is 10.3. The Kier molecular flexibility index (Phi) is 6.63. The molecule has 4 aromatic rings. The minimum absolute atomic E-state index is 0.00559. The average molecular weight is 530 g/mol. The molecule has 0 spiro atoms. The van der Waals surface area contributed by atoms with Gasteiger partial charge < -0.3 is 15.0 Å². The second kappa shape index (κ2) is 9.84. The fourth-order valence-electron chi connectivity index (χ4n) is 3.95. The Labute approximate surface area is 212 Å². The molecule has 9 nitrogen and oxygen atoms in total. The summed E-state index contributed by atoms with van der Waals surface area (Å²) in [6.45, 7) is 2.02. The largest absolute Gasteiger partial charge is 0.462 e. The van der Waals surface area contributed by atoms with Crippen molar-refractivity contribution in [2.45, 2.75) is 31.3 Å². The van der Waals surface area contributed by atoms with Gasteiger partial charge in [-0.25, -0.2) is 14.5 Å². The van der Waals surface area contributed by atoms with Crippen LogP contribution in [0.5, 0.6) is 0 Å². The number of anilines is 1. The highest BCUT2D eigenvalue weighted by molar-refractivity contribution is 7.99. The number of thiophene rings is 1. The van der Waals surface area contributed by atoms with Gasteiger partial charge in [0.2, 0.25) is 5.91 Å². The molecule has 1 aliphatic rings. The molecule has 0 radical (unpaired) electrons. The number of hydrogen-bond donors (Lipinski definition) is 2. The normalized spacial score (nSPS) is 12.6. The zero-order valence-electron chi connectivity index (χ0n) is 18.6. The van der Waals surface area contributed by atoms with Crippen LogP contribution in [0.25, 0.3) is 16.7 Å². The summed E-state index contributed by atoms with van der Waals surface area (Å²) in [6.07, 6.45) is 4.14. The molecule has 0 atom stereocenters. The van der Waals surface area contributed by atoms with Gasteiger partial charge in [-0.2, -0.15) is 5.10 Å². The predicted molar refractivity (Wildman–Crippen MR) is 136 cm³/mol. The molecule has 180 valence electrons. The highest BCUT2D eigenvalue weighted by Gasteiger charge is 2.28. The molecular formula is C23H20ClN5O4S2. The van der Waals surface area contributed by atoms with Crippen LogP contribution in [0.4, 0.5) is 5.00 Å². The van der Waals surface area contributed by atoms with Crippen molar-refractivity contribution in [3.8, 4) is 5.69 Å². The quantitative estimate of drug-likeness (QED) is 0.209. The highest BCUT2D eigenvalue weighted by Crippen LogP contribution is 2.39. The van der Waals surface area contributed by atoms with Gasteiger partial charge in [0.1, 0.15) is 10.4 Å². The van der Waals surface area contributed by atoms with Crippen LogP contribution >= 0.6 is 34.7 Å². The van der Waals surface area contributed by atoms with Crippen molar-refractivity contribution in [3.05, 3.63) is 61.8 Å². The van der Waals surface area contributed by atoms with E-state index in [4.69, 9.17) is 16.3 Å². The van der Waals surface area contributed by atoms with Crippen molar-refractivity contribution in [1.29, 1.82) is 0 Å². The molecule has 35 heavy (non-hydrogen) atoms. The van der Waals surface area contributed by atoms with E-state index in [0.717, 1.165) is 41.5 Å². The Morgan fingerprint density at radius 3 is 2.86 bits per heavy atom. The summed E-state index contributed by atoms with van der Waals surface area (Å²) in [5.41, 5.74) is 2.16. The topological polar surface area (TPSA) is 119 Å². The molecule has 0 unspecified atom stereocenters. The third-order valence-corrected chi connectivity index (χ3v) is 7.81. The number of nitrogens with one attached hydrogen (secondary N) is 2. The van der Waals surface area contributed by atoms with E-state index >= 15 is 0 Å². The summed E-state index contributed by atoms with van der Waals surface area (Å²) in [6, 6.07) is 7.00. The number of carbonyl (C=O) groups excluding carboxylic acids is 2. The Morgan fingerprint density at radius 2 is 2.09 bits per heavy atom. The molecule has 0 saturated heterocycles. The van der Waals surface area contributed by atoms with Crippen LogP contribution in [0, 0.1) is 0 Å². The first-order valence-corrected chi connectivity index (χ1v) is 13.1. The number of fused-ring (bicyclic) bond motifs is 2. The van der Waals surface area contributed by atoms with Gasteiger partial charge in [0, 0.05) is 9.90 Å². The van der Waals surface area contributed by atoms with Crippen LogP contribution in [-0.4, -0.2) is 44.0 Å². The summed E-state index contributed by atoms with van der Waals surface area (Å²) in [4.78, 5) is 46.1. The molecule has 5 rings (SSSR count). The van der Waals surface area contributed by atoms with Gasteiger partial charge >= 0.3 is 5.97 Å². The zero-order valence-corrected chi connectivity index (χ0v) is 21.0. The molecular weight excluding hydrogens is 510 g/mol. The number of aromatic amines is 1. The maximum atomic E-state index is 12.7. The Balaban J connectivity index is 1.34. The molecule has 1 aromatic carbocycles. The lowest BCUT2D eigenvalue weighted by molar-refractivity contribution is -0.113. The first-order chi connectivity index (χ1) is 16.9. The van der Waals surface area contributed by atoms with Crippen LogP contribution < -0.4 is 10.9 Å². The number of amides is 1. The number of nitrogens with zero attached hydrogens (tertiary/aromatic N) is 3. The average Bonchev–Trinajstić information content (AvgIpc) is 3.53. The number of halogens is 1. The van der Waals surface area contributed by atoms with Crippen LogP contribution in [0.3, 0.4) is 0 Å². The number of thioether (sulfide) groups is 1. The van der Waals surface area contributed by atoms with E-state index in [-0.39, 0.29) is 29.0 Å². The Bertz CT molecular complexity index is 1490. The lowest BCUT2D eigenvalue weighted by Gasteiger charge is -2.08. The first kappa shape index (κ1) is 23.6. The highest BCUT2D eigenvalue weighted by atomic mass is 35.5. The maximum absolute atomic E-state index is 12.7.